The van der Waals surface area contributed by atoms with Crippen molar-refractivity contribution in [2.45, 2.75) is 31.3 Å². The lowest BCUT2D eigenvalue weighted by Gasteiger charge is -2.23. The number of nitriles is 1. The lowest BCUT2D eigenvalue weighted by Crippen LogP contribution is -2.44. The first-order valence-corrected chi connectivity index (χ1v) is 11.7. The molecule has 0 aliphatic carbocycles. The number of ether oxygens (including phenoxy) is 3. The average Bonchev–Trinajstić information content (AvgIpc) is 3.23. The third kappa shape index (κ3) is 5.59. The molecule has 3 aromatic rings. The number of halogens is 2. The van der Waals surface area contributed by atoms with Crippen LogP contribution >= 0.6 is 23.2 Å². The summed E-state index contributed by atoms with van der Waals surface area (Å²) >= 11 is 11.7. The summed E-state index contributed by atoms with van der Waals surface area (Å²) < 4.78 is 17.8. The second-order valence-corrected chi connectivity index (χ2v) is 9.13. The molecule has 0 bridgehead atoms. The third-order valence-electron chi connectivity index (χ3n) is 5.72. The van der Waals surface area contributed by atoms with Gasteiger partial charge in [-0.1, -0.05) is 23.2 Å². The normalized spacial score (nSPS) is 20.7. The number of carbonyl (C=O) groups excluding carboxylic acids is 2. The second kappa shape index (κ2) is 10.6. The van der Waals surface area contributed by atoms with E-state index in [1.165, 1.54) is 61.7 Å². The maximum atomic E-state index is 12.8. The summed E-state index contributed by atoms with van der Waals surface area (Å²) in [4.78, 5) is 51.9. The molecule has 2 heterocycles. The minimum absolute atomic E-state index is 0.158. The zero-order valence-electron chi connectivity index (χ0n) is 19.3. The molecule has 0 radical (unpaired) electrons. The van der Waals surface area contributed by atoms with Crippen LogP contribution in [0.15, 0.2) is 64.3 Å². The smallest absolute Gasteiger partial charge is 0.338 e. The van der Waals surface area contributed by atoms with Gasteiger partial charge in [-0.3, -0.25) is 14.3 Å². The van der Waals surface area contributed by atoms with E-state index in [0.29, 0.717) is 10.0 Å². The zero-order valence-corrected chi connectivity index (χ0v) is 20.8. The number of hydrogen-bond acceptors (Lipinski definition) is 8. The molecule has 1 saturated heterocycles. The van der Waals surface area contributed by atoms with E-state index in [2.05, 4.69) is 4.98 Å². The summed E-state index contributed by atoms with van der Waals surface area (Å²) in [5.41, 5.74) is -2.90. The van der Waals surface area contributed by atoms with Crippen molar-refractivity contribution in [1.82, 2.24) is 9.55 Å². The average molecular weight is 544 g/mol. The van der Waals surface area contributed by atoms with Crippen molar-refractivity contribution < 1.29 is 23.8 Å². The fourth-order valence-electron chi connectivity index (χ4n) is 3.77. The van der Waals surface area contributed by atoms with Crippen molar-refractivity contribution in [3.8, 4) is 6.07 Å². The Kier molecular flexibility index (Phi) is 7.50. The minimum atomic E-state index is -1.95. The van der Waals surface area contributed by atoms with Crippen molar-refractivity contribution in [3.05, 3.63) is 102 Å². The number of benzene rings is 2. The number of rotatable bonds is 6. The van der Waals surface area contributed by atoms with Crippen molar-refractivity contribution in [1.29, 1.82) is 5.26 Å². The Morgan fingerprint density at radius 3 is 2.22 bits per heavy atom. The van der Waals surface area contributed by atoms with E-state index >= 15 is 0 Å². The quantitative estimate of drug-likeness (QED) is 0.467. The highest BCUT2D eigenvalue weighted by Crippen LogP contribution is 2.36. The van der Waals surface area contributed by atoms with E-state index < -0.39 is 47.7 Å². The molecule has 12 heteroatoms. The lowest BCUT2D eigenvalue weighted by atomic mass is 10.1. The Labute approximate surface area is 219 Å². The molecular formula is C25H19Cl2N3O7. The molecule has 4 rings (SSSR count). The van der Waals surface area contributed by atoms with Crippen LogP contribution in [0.2, 0.25) is 10.0 Å². The summed E-state index contributed by atoms with van der Waals surface area (Å²) in [6, 6.07) is 13.9. The van der Waals surface area contributed by atoms with Crippen LogP contribution in [0.3, 0.4) is 0 Å². The maximum absolute atomic E-state index is 12.8. The lowest BCUT2D eigenvalue weighted by molar-refractivity contribution is -0.0899. The molecule has 1 aromatic heterocycles. The monoisotopic (exact) mass is 543 g/mol. The summed E-state index contributed by atoms with van der Waals surface area (Å²) in [6.45, 7) is 1.05. The minimum Gasteiger partial charge on any atom is -0.459 e. The maximum Gasteiger partial charge on any atom is 0.338 e. The van der Waals surface area contributed by atoms with E-state index in [9.17, 15) is 24.4 Å². The van der Waals surface area contributed by atoms with Gasteiger partial charge in [-0.05, 0) is 55.5 Å². The number of nitrogens with one attached hydrogen (secondary N) is 1. The van der Waals surface area contributed by atoms with Crippen LogP contribution in [0.1, 0.15) is 32.7 Å². The van der Waals surface area contributed by atoms with Crippen LogP contribution in [0, 0.1) is 18.3 Å². The molecule has 3 atom stereocenters. The molecule has 190 valence electrons. The Morgan fingerprint density at radius 2 is 1.65 bits per heavy atom. The molecule has 0 saturated carbocycles. The van der Waals surface area contributed by atoms with Crippen molar-refractivity contribution in [2.24, 2.45) is 0 Å². The predicted octanol–water partition coefficient (Wildman–Crippen LogP) is 3.20. The summed E-state index contributed by atoms with van der Waals surface area (Å²) in [7, 11) is 0. The van der Waals surface area contributed by atoms with Crippen LogP contribution in [0.25, 0.3) is 0 Å². The number of H-pyrrole nitrogens is 1. The number of nitrogens with zero attached hydrogens (tertiary/aromatic N) is 2. The van der Waals surface area contributed by atoms with Gasteiger partial charge in [-0.15, -0.1) is 0 Å². The van der Waals surface area contributed by atoms with Gasteiger partial charge in [0.25, 0.3) is 5.56 Å². The summed E-state index contributed by atoms with van der Waals surface area (Å²) in [6.07, 6.45) is -1.31. The van der Waals surface area contributed by atoms with Crippen molar-refractivity contribution in [2.75, 3.05) is 6.61 Å². The fraction of sp³-hybridized carbons (Fsp3) is 0.240. The van der Waals surface area contributed by atoms with Gasteiger partial charge >= 0.3 is 17.6 Å². The van der Waals surface area contributed by atoms with Crippen LogP contribution in [0.4, 0.5) is 0 Å². The molecule has 0 spiro atoms. The first-order valence-electron chi connectivity index (χ1n) is 10.9. The highest BCUT2D eigenvalue weighted by Gasteiger charge is 2.51. The highest BCUT2D eigenvalue weighted by atomic mass is 35.5. The highest BCUT2D eigenvalue weighted by molar-refractivity contribution is 6.31. The van der Waals surface area contributed by atoms with Gasteiger partial charge in [-0.25, -0.2) is 14.4 Å². The van der Waals surface area contributed by atoms with Gasteiger partial charge in [0.1, 0.15) is 24.9 Å². The van der Waals surface area contributed by atoms with E-state index in [-0.39, 0.29) is 23.1 Å². The van der Waals surface area contributed by atoms with Crippen LogP contribution in [-0.2, 0) is 19.9 Å². The van der Waals surface area contributed by atoms with Gasteiger partial charge in [-0.2, -0.15) is 5.26 Å². The Morgan fingerprint density at radius 1 is 1.08 bits per heavy atom. The second-order valence-electron chi connectivity index (χ2n) is 8.25. The van der Waals surface area contributed by atoms with Crippen LogP contribution in [-0.4, -0.2) is 40.3 Å². The van der Waals surface area contributed by atoms with Crippen molar-refractivity contribution >= 4 is 35.1 Å². The molecule has 2 aromatic carbocycles. The van der Waals surface area contributed by atoms with E-state index in [1.807, 2.05) is 6.07 Å². The zero-order chi connectivity index (χ0) is 26.7. The largest absolute Gasteiger partial charge is 0.459 e. The number of esters is 2. The fourth-order valence-corrected chi connectivity index (χ4v) is 4.02. The molecule has 0 amide bonds. The van der Waals surface area contributed by atoms with Crippen LogP contribution in [0.5, 0.6) is 0 Å². The Bertz CT molecular complexity index is 1490. The van der Waals surface area contributed by atoms with E-state index in [0.717, 1.165) is 4.57 Å². The van der Waals surface area contributed by atoms with Gasteiger partial charge in [0, 0.05) is 21.8 Å². The molecule has 10 nitrogen and oxygen atoms in total. The molecule has 37 heavy (non-hydrogen) atoms. The molecule has 1 aliphatic heterocycles. The number of aryl methyl sites for hydroxylation is 1. The Hall–Kier alpha value is -3.91. The number of carbonyl (C=O) groups is 2. The Balaban J connectivity index is 1.62. The third-order valence-corrected chi connectivity index (χ3v) is 6.22. The molecule has 0 unspecified atom stereocenters. The SMILES string of the molecule is Cc1cn([C@@]2(C#N)C[C@H](OC(=O)c3ccc(Cl)cc3)[C@@H](COC(=O)c3ccc(Cl)cc3)O2)c(=O)[nH]c1=O. The summed E-state index contributed by atoms with van der Waals surface area (Å²) in [5.74, 6) is -1.44. The van der Waals surface area contributed by atoms with Crippen molar-refractivity contribution in [3.63, 3.8) is 0 Å². The molecule has 1 N–H and O–H groups in total. The predicted molar refractivity (Wildman–Crippen MR) is 132 cm³/mol. The standard InChI is InChI=1S/C25H19Cl2N3O7/c1-14-11-30(24(34)29-21(14)31)25(13-28)10-19(36-23(33)16-4-8-18(27)9-5-16)20(37-25)12-35-22(32)15-2-6-17(26)7-3-15/h2-9,11,19-20H,10,12H2,1H3,(H,29,31,34)/t19-,20+,25-/m0/s1. The van der Waals surface area contributed by atoms with Gasteiger partial charge in [0.15, 0.2) is 0 Å². The van der Waals surface area contributed by atoms with Gasteiger partial charge in [0.2, 0.25) is 5.72 Å². The number of aromatic amines is 1. The van der Waals surface area contributed by atoms with Crippen LogP contribution < -0.4 is 11.2 Å². The molecule has 1 aliphatic rings. The summed E-state index contributed by atoms with van der Waals surface area (Å²) in [5, 5.41) is 10.9. The number of hydrogen-bond donors (Lipinski definition) is 1. The van der Waals surface area contributed by atoms with Gasteiger partial charge < -0.3 is 14.2 Å². The topological polar surface area (TPSA) is 140 Å². The van der Waals surface area contributed by atoms with E-state index in [4.69, 9.17) is 37.4 Å². The van der Waals surface area contributed by atoms with E-state index in [1.54, 1.807) is 0 Å². The number of aromatic nitrogens is 2. The molecular weight excluding hydrogens is 525 g/mol. The molecule has 1 fully saturated rings. The first-order chi connectivity index (χ1) is 17.6. The first kappa shape index (κ1) is 26.2. The van der Waals surface area contributed by atoms with Gasteiger partial charge in [0.05, 0.1) is 17.5 Å².